The Balaban J connectivity index is 1.98. The van der Waals surface area contributed by atoms with Gasteiger partial charge in [-0.05, 0) is 58.9 Å². The molecule has 2 atom stereocenters. The second kappa shape index (κ2) is 12.5. The summed E-state index contributed by atoms with van der Waals surface area (Å²) in [5, 5.41) is 14.7. The van der Waals surface area contributed by atoms with E-state index < -0.39 is 33.7 Å². The highest BCUT2D eigenvalue weighted by molar-refractivity contribution is 7.90. The molecule has 0 aliphatic carbocycles. The molecule has 2 N–H and O–H groups in total. The maximum atomic E-state index is 13.2. The summed E-state index contributed by atoms with van der Waals surface area (Å²) >= 11 is 0. The van der Waals surface area contributed by atoms with Gasteiger partial charge in [0.1, 0.15) is 6.54 Å². The number of alkyl halides is 3. The molecule has 6 nitrogen and oxygen atoms in total. The van der Waals surface area contributed by atoms with Crippen molar-refractivity contribution in [2.45, 2.75) is 43.4 Å². The molecule has 0 heterocycles. The van der Waals surface area contributed by atoms with E-state index in [1.54, 1.807) is 12.1 Å². The maximum absolute atomic E-state index is 13.2. The lowest BCUT2D eigenvalue weighted by Gasteiger charge is -2.27. The monoisotopic (exact) mass is 557 g/mol. The van der Waals surface area contributed by atoms with Gasteiger partial charge in [-0.1, -0.05) is 62.4 Å². The molecule has 3 aromatic carbocycles. The summed E-state index contributed by atoms with van der Waals surface area (Å²) < 4.78 is 63.1. The van der Waals surface area contributed by atoms with E-state index in [0.29, 0.717) is 17.5 Å². The van der Waals surface area contributed by atoms with Crippen molar-refractivity contribution in [1.29, 1.82) is 5.26 Å². The summed E-state index contributed by atoms with van der Waals surface area (Å²) in [6.07, 6.45) is -2.90. The highest BCUT2D eigenvalue weighted by atomic mass is 32.2. The normalized spacial score (nSPS) is 13.5. The molecule has 206 valence electrons. The quantitative estimate of drug-likeness (QED) is 0.321. The van der Waals surface area contributed by atoms with Crippen LogP contribution in [0.5, 0.6) is 0 Å². The Morgan fingerprint density at radius 2 is 1.38 bits per heavy atom. The number of carbonyl (C=O) groups excluding carboxylic acids is 1. The summed E-state index contributed by atoms with van der Waals surface area (Å²) in [6.45, 7) is 3.74. The van der Waals surface area contributed by atoms with E-state index in [1.807, 2.05) is 44.2 Å². The SMILES string of the molecule is CC(C)C[C@H](NC(c1ccc(-c2ccc(S(C)(=O)=O)cc2)cc1)c1ccc(C(F)(F)F)cc1)C(=O)NCC#N. The fourth-order valence-corrected chi connectivity index (χ4v) is 4.82. The minimum Gasteiger partial charge on any atom is -0.342 e. The molecule has 0 aliphatic rings. The van der Waals surface area contributed by atoms with Crippen LogP contribution >= 0.6 is 0 Å². The standard InChI is InChI=1S/C29H30F3N3O3S/c1-19(2)18-26(28(36)34-17-16-33)35-27(23-8-12-24(13-9-23)29(30,31)32)22-6-4-20(5-7-22)21-10-14-25(15-11-21)39(3,37)38/h4-15,19,26-27,35H,17-18H2,1-3H3,(H,34,36)/t26-,27?/m0/s1. The first-order chi connectivity index (χ1) is 18.3. The van der Waals surface area contributed by atoms with Gasteiger partial charge >= 0.3 is 6.18 Å². The number of benzene rings is 3. The minimum absolute atomic E-state index is 0.126. The number of hydrogen-bond donors (Lipinski definition) is 2. The summed E-state index contributed by atoms with van der Waals surface area (Å²) in [4.78, 5) is 13.1. The van der Waals surface area contributed by atoms with Crippen molar-refractivity contribution in [2.24, 2.45) is 5.92 Å². The summed E-state index contributed by atoms with van der Waals surface area (Å²) in [5.74, 6) is -0.245. The van der Waals surface area contributed by atoms with Crippen LogP contribution in [-0.4, -0.2) is 33.2 Å². The minimum atomic E-state index is -4.48. The molecule has 0 bridgehead atoms. The van der Waals surface area contributed by atoms with Crippen LogP contribution in [0.2, 0.25) is 0 Å². The molecule has 0 fully saturated rings. The largest absolute Gasteiger partial charge is 0.416 e. The Morgan fingerprint density at radius 3 is 1.82 bits per heavy atom. The average molecular weight is 558 g/mol. The van der Waals surface area contributed by atoms with Gasteiger partial charge in [0, 0.05) is 6.26 Å². The lowest BCUT2D eigenvalue weighted by molar-refractivity contribution is -0.137. The molecule has 0 saturated carbocycles. The third-order valence-corrected chi connectivity index (χ3v) is 7.29. The third kappa shape index (κ3) is 8.15. The van der Waals surface area contributed by atoms with Gasteiger partial charge in [0.15, 0.2) is 9.84 Å². The van der Waals surface area contributed by atoms with E-state index in [9.17, 15) is 26.4 Å². The predicted octanol–water partition coefficient (Wildman–Crippen LogP) is 5.51. The second-order valence-corrected chi connectivity index (χ2v) is 11.7. The van der Waals surface area contributed by atoms with Crippen molar-refractivity contribution in [3.63, 3.8) is 0 Å². The van der Waals surface area contributed by atoms with Gasteiger partial charge in [0.05, 0.1) is 28.6 Å². The number of nitrogens with zero attached hydrogens (tertiary/aromatic N) is 1. The molecule has 0 aliphatic heterocycles. The van der Waals surface area contributed by atoms with Crippen LogP contribution < -0.4 is 10.6 Å². The van der Waals surface area contributed by atoms with Crippen LogP contribution in [0.25, 0.3) is 11.1 Å². The molecule has 3 aromatic rings. The Hall–Kier alpha value is -3.68. The summed E-state index contributed by atoms with van der Waals surface area (Å²) in [7, 11) is -3.33. The van der Waals surface area contributed by atoms with Crippen LogP contribution in [0.3, 0.4) is 0 Å². The van der Waals surface area contributed by atoms with Gasteiger partial charge in [-0.15, -0.1) is 0 Å². The van der Waals surface area contributed by atoms with E-state index in [1.165, 1.54) is 24.3 Å². The summed E-state index contributed by atoms with van der Waals surface area (Å²) in [6, 6.07) is 19.1. The number of rotatable bonds is 10. The van der Waals surface area contributed by atoms with E-state index in [-0.39, 0.29) is 23.3 Å². The fraction of sp³-hybridized carbons (Fsp3) is 0.310. The number of nitrogens with one attached hydrogen (secondary N) is 2. The lowest BCUT2D eigenvalue weighted by atomic mass is 9.93. The van der Waals surface area contributed by atoms with Crippen molar-refractivity contribution >= 4 is 15.7 Å². The number of carbonyl (C=O) groups is 1. The van der Waals surface area contributed by atoms with Crippen molar-refractivity contribution < 1.29 is 26.4 Å². The Bertz CT molecular complexity index is 1410. The molecule has 0 radical (unpaired) electrons. The molecule has 39 heavy (non-hydrogen) atoms. The molecule has 1 unspecified atom stereocenters. The fourth-order valence-electron chi connectivity index (χ4n) is 4.19. The van der Waals surface area contributed by atoms with E-state index >= 15 is 0 Å². The highest BCUT2D eigenvalue weighted by Crippen LogP contribution is 2.32. The topological polar surface area (TPSA) is 99.1 Å². The van der Waals surface area contributed by atoms with Crippen molar-refractivity contribution in [3.8, 4) is 17.2 Å². The van der Waals surface area contributed by atoms with E-state index in [2.05, 4.69) is 10.6 Å². The van der Waals surface area contributed by atoms with Crippen LogP contribution in [0.4, 0.5) is 13.2 Å². The first-order valence-electron chi connectivity index (χ1n) is 12.3. The molecule has 10 heteroatoms. The van der Waals surface area contributed by atoms with Gasteiger partial charge in [-0.3, -0.25) is 10.1 Å². The molecule has 0 spiro atoms. The molecule has 0 saturated heterocycles. The third-order valence-electron chi connectivity index (χ3n) is 6.16. The van der Waals surface area contributed by atoms with Gasteiger partial charge in [-0.25, -0.2) is 8.42 Å². The summed E-state index contributed by atoms with van der Waals surface area (Å²) in [5.41, 5.74) is 2.09. The highest BCUT2D eigenvalue weighted by Gasteiger charge is 2.31. The van der Waals surface area contributed by atoms with E-state index in [0.717, 1.165) is 29.5 Å². The zero-order valence-corrected chi connectivity index (χ0v) is 22.6. The Kier molecular flexibility index (Phi) is 9.54. The molecule has 0 aromatic heterocycles. The number of nitriles is 1. The van der Waals surface area contributed by atoms with Crippen LogP contribution in [0, 0.1) is 17.2 Å². The van der Waals surface area contributed by atoms with Crippen molar-refractivity contribution in [2.75, 3.05) is 12.8 Å². The number of sulfone groups is 1. The van der Waals surface area contributed by atoms with Gasteiger partial charge in [0.2, 0.25) is 5.91 Å². The van der Waals surface area contributed by atoms with E-state index in [4.69, 9.17) is 5.26 Å². The smallest absolute Gasteiger partial charge is 0.342 e. The van der Waals surface area contributed by atoms with Crippen molar-refractivity contribution in [1.82, 2.24) is 10.6 Å². The molecule has 1 amide bonds. The van der Waals surface area contributed by atoms with Crippen LogP contribution in [-0.2, 0) is 20.8 Å². The number of amides is 1. The lowest BCUT2D eigenvalue weighted by Crippen LogP contribution is -2.46. The van der Waals surface area contributed by atoms with Crippen molar-refractivity contribution in [3.05, 3.63) is 89.5 Å². The molecular formula is C29H30F3N3O3S. The second-order valence-electron chi connectivity index (χ2n) is 9.70. The van der Waals surface area contributed by atoms with Gasteiger partial charge in [0.25, 0.3) is 0 Å². The van der Waals surface area contributed by atoms with Gasteiger partial charge in [-0.2, -0.15) is 18.4 Å². The predicted molar refractivity (Wildman–Crippen MR) is 143 cm³/mol. The molecule has 3 rings (SSSR count). The average Bonchev–Trinajstić information content (AvgIpc) is 2.88. The van der Waals surface area contributed by atoms with Crippen LogP contribution in [0.15, 0.2) is 77.7 Å². The van der Waals surface area contributed by atoms with Crippen LogP contribution in [0.1, 0.15) is 43.0 Å². The van der Waals surface area contributed by atoms with Gasteiger partial charge < -0.3 is 5.32 Å². The zero-order chi connectivity index (χ0) is 28.8. The zero-order valence-electron chi connectivity index (χ0n) is 21.8. The molecular weight excluding hydrogens is 527 g/mol. The Labute approximate surface area is 226 Å². The number of hydrogen-bond acceptors (Lipinski definition) is 5. The number of halogens is 3. The maximum Gasteiger partial charge on any atom is 0.416 e. The Morgan fingerprint density at radius 1 is 0.897 bits per heavy atom. The first-order valence-corrected chi connectivity index (χ1v) is 14.2. The first kappa shape index (κ1) is 29.9.